The van der Waals surface area contributed by atoms with E-state index >= 15 is 0 Å². The van der Waals surface area contributed by atoms with Crippen LogP contribution in [0.3, 0.4) is 0 Å². The summed E-state index contributed by atoms with van der Waals surface area (Å²) in [6.45, 7) is 2.21. The summed E-state index contributed by atoms with van der Waals surface area (Å²) in [5, 5.41) is 10.6. The Kier molecular flexibility index (Phi) is 6.68. The summed E-state index contributed by atoms with van der Waals surface area (Å²) in [6.07, 6.45) is 0. The van der Waals surface area contributed by atoms with Gasteiger partial charge in [-0.1, -0.05) is 36.4 Å². The summed E-state index contributed by atoms with van der Waals surface area (Å²) >= 11 is 0. The number of carbonyl (C=O) groups is 2. The zero-order chi connectivity index (χ0) is 22.2. The molecule has 4 N–H and O–H groups in total. The maximum absolute atomic E-state index is 12.4. The van der Waals surface area contributed by atoms with Crippen molar-refractivity contribution >= 4 is 41.3 Å². The van der Waals surface area contributed by atoms with E-state index in [1.807, 2.05) is 41.3 Å². The summed E-state index contributed by atoms with van der Waals surface area (Å²) in [5.74, 6) is 0.336. The highest BCUT2D eigenvalue weighted by atomic mass is 16.5. The van der Waals surface area contributed by atoms with E-state index in [4.69, 9.17) is 4.74 Å². The molecule has 1 fully saturated rings. The zero-order valence-corrected chi connectivity index (χ0v) is 17.1. The van der Waals surface area contributed by atoms with Gasteiger partial charge in [-0.15, -0.1) is 0 Å². The van der Waals surface area contributed by atoms with Crippen LogP contribution in [0.2, 0.25) is 0 Å². The molecule has 0 atom stereocenters. The van der Waals surface area contributed by atoms with Gasteiger partial charge in [0.05, 0.1) is 13.2 Å². The third kappa shape index (κ3) is 5.89. The van der Waals surface area contributed by atoms with E-state index in [-0.39, 0.29) is 11.9 Å². The minimum Gasteiger partial charge on any atom is -0.378 e. The normalized spacial score (nSPS) is 13.2. The van der Waals surface area contributed by atoms with E-state index in [1.54, 1.807) is 24.3 Å². The SMILES string of the molecule is O=C(Nc1ccccc1)Nc1nc(NC(=O)Nc2ccccc2)nc(N2CCOCC2)n1. The molecule has 2 heterocycles. The topological polar surface area (TPSA) is 133 Å². The molecule has 0 aliphatic carbocycles. The lowest BCUT2D eigenvalue weighted by molar-refractivity contribution is 0.122. The lowest BCUT2D eigenvalue weighted by Gasteiger charge is -2.27. The monoisotopic (exact) mass is 434 g/mol. The van der Waals surface area contributed by atoms with Crippen molar-refractivity contribution in [2.75, 3.05) is 52.5 Å². The lowest BCUT2D eigenvalue weighted by Crippen LogP contribution is -2.38. The molecule has 0 spiro atoms. The predicted molar refractivity (Wildman–Crippen MR) is 121 cm³/mol. The number of para-hydroxylation sites is 2. The number of morpholine rings is 1. The lowest BCUT2D eigenvalue weighted by atomic mass is 10.3. The Morgan fingerprint density at radius 1 is 0.688 bits per heavy atom. The van der Waals surface area contributed by atoms with Crippen LogP contribution in [0.4, 0.5) is 38.8 Å². The van der Waals surface area contributed by atoms with Crippen LogP contribution in [-0.4, -0.2) is 53.3 Å². The third-order valence-electron chi connectivity index (χ3n) is 4.43. The summed E-state index contributed by atoms with van der Waals surface area (Å²) in [5.41, 5.74) is 1.24. The molecule has 1 aromatic heterocycles. The molecule has 1 aliphatic heterocycles. The molecule has 2 aromatic carbocycles. The number of urea groups is 2. The van der Waals surface area contributed by atoms with Crippen molar-refractivity contribution < 1.29 is 14.3 Å². The number of hydrogen-bond donors (Lipinski definition) is 4. The van der Waals surface area contributed by atoms with Gasteiger partial charge < -0.3 is 20.3 Å². The van der Waals surface area contributed by atoms with Gasteiger partial charge in [0, 0.05) is 24.5 Å². The van der Waals surface area contributed by atoms with Crippen LogP contribution < -0.4 is 26.2 Å². The number of aromatic nitrogens is 3. The molecule has 1 aliphatic rings. The fourth-order valence-corrected chi connectivity index (χ4v) is 2.95. The first-order valence-electron chi connectivity index (χ1n) is 10.0. The first-order chi connectivity index (χ1) is 15.7. The average molecular weight is 434 g/mol. The number of benzene rings is 2. The average Bonchev–Trinajstić information content (AvgIpc) is 2.80. The molecule has 0 unspecified atom stereocenters. The van der Waals surface area contributed by atoms with Gasteiger partial charge in [0.2, 0.25) is 17.8 Å². The molecule has 0 bridgehead atoms. The Balaban J connectivity index is 1.50. The number of rotatable bonds is 5. The quantitative estimate of drug-likeness (QED) is 0.485. The second kappa shape index (κ2) is 10.2. The number of amides is 4. The Morgan fingerprint density at radius 2 is 1.16 bits per heavy atom. The minimum absolute atomic E-state index is 0.00457. The van der Waals surface area contributed by atoms with E-state index < -0.39 is 12.1 Å². The molecular weight excluding hydrogens is 412 g/mol. The van der Waals surface area contributed by atoms with Crippen molar-refractivity contribution in [3.8, 4) is 0 Å². The summed E-state index contributed by atoms with van der Waals surface area (Å²) < 4.78 is 5.37. The van der Waals surface area contributed by atoms with Crippen LogP contribution in [0.1, 0.15) is 0 Å². The molecular formula is C21H22N8O3. The van der Waals surface area contributed by atoms with Gasteiger partial charge in [-0.2, -0.15) is 15.0 Å². The maximum atomic E-state index is 12.4. The van der Waals surface area contributed by atoms with Crippen LogP contribution in [0.25, 0.3) is 0 Å². The van der Waals surface area contributed by atoms with Gasteiger partial charge in [-0.3, -0.25) is 10.6 Å². The first kappa shape index (κ1) is 21.0. The molecule has 0 saturated carbocycles. The van der Waals surface area contributed by atoms with Crippen LogP contribution >= 0.6 is 0 Å². The number of carbonyl (C=O) groups excluding carboxylic acids is 2. The van der Waals surface area contributed by atoms with E-state index in [9.17, 15) is 9.59 Å². The van der Waals surface area contributed by atoms with Gasteiger partial charge >= 0.3 is 12.1 Å². The van der Waals surface area contributed by atoms with Crippen molar-refractivity contribution in [1.29, 1.82) is 0 Å². The highest BCUT2D eigenvalue weighted by Crippen LogP contribution is 2.16. The summed E-state index contributed by atoms with van der Waals surface area (Å²) in [6, 6.07) is 16.9. The second-order valence-electron chi connectivity index (χ2n) is 6.77. The number of hydrogen-bond acceptors (Lipinski definition) is 7. The minimum atomic E-state index is -0.519. The molecule has 32 heavy (non-hydrogen) atoms. The van der Waals surface area contributed by atoms with Gasteiger partial charge in [0.15, 0.2) is 0 Å². The Hall–Kier alpha value is -4.25. The third-order valence-corrected chi connectivity index (χ3v) is 4.43. The molecule has 1 saturated heterocycles. The molecule has 0 radical (unpaired) electrons. The molecule has 4 amide bonds. The molecule has 4 rings (SSSR count). The largest absolute Gasteiger partial charge is 0.378 e. The standard InChI is InChI=1S/C21H22N8O3/c30-20(22-15-7-3-1-4-8-15)27-17-24-18(26-19(25-17)29-11-13-32-14-12-29)28-21(31)23-16-9-5-2-6-10-16/h1-10H,11-14H2,(H4,22,23,24,25,26,27,28,30,31). The molecule has 11 heteroatoms. The van der Waals surface area contributed by atoms with Crippen molar-refractivity contribution in [3.05, 3.63) is 60.7 Å². The molecule has 164 valence electrons. The summed E-state index contributed by atoms with van der Waals surface area (Å²) in [7, 11) is 0. The maximum Gasteiger partial charge on any atom is 0.326 e. The zero-order valence-electron chi connectivity index (χ0n) is 17.1. The van der Waals surface area contributed by atoms with Crippen LogP contribution in [0, 0.1) is 0 Å². The number of nitrogens with zero attached hydrogens (tertiary/aromatic N) is 4. The Labute approximate surface area is 184 Å². The van der Waals surface area contributed by atoms with Crippen molar-refractivity contribution in [3.63, 3.8) is 0 Å². The van der Waals surface area contributed by atoms with E-state index in [0.29, 0.717) is 43.6 Å². The highest BCUT2D eigenvalue weighted by Gasteiger charge is 2.18. The number of ether oxygens (including phenoxy) is 1. The highest BCUT2D eigenvalue weighted by molar-refractivity contribution is 6.00. The van der Waals surface area contributed by atoms with Crippen LogP contribution in [0.5, 0.6) is 0 Å². The Morgan fingerprint density at radius 3 is 1.62 bits per heavy atom. The fraction of sp³-hybridized carbons (Fsp3) is 0.190. The number of anilines is 5. The van der Waals surface area contributed by atoms with Gasteiger partial charge in [0.25, 0.3) is 0 Å². The fourth-order valence-electron chi connectivity index (χ4n) is 2.95. The second-order valence-corrected chi connectivity index (χ2v) is 6.77. The van der Waals surface area contributed by atoms with Crippen LogP contribution in [-0.2, 0) is 4.74 Å². The molecule has 11 nitrogen and oxygen atoms in total. The first-order valence-corrected chi connectivity index (χ1v) is 10.0. The van der Waals surface area contributed by atoms with Crippen LogP contribution in [0.15, 0.2) is 60.7 Å². The van der Waals surface area contributed by atoms with Crippen molar-refractivity contribution in [2.45, 2.75) is 0 Å². The van der Waals surface area contributed by atoms with E-state index in [1.165, 1.54) is 0 Å². The van der Waals surface area contributed by atoms with E-state index in [0.717, 1.165) is 0 Å². The van der Waals surface area contributed by atoms with Crippen molar-refractivity contribution in [1.82, 2.24) is 15.0 Å². The van der Waals surface area contributed by atoms with E-state index in [2.05, 4.69) is 36.2 Å². The molecule has 3 aromatic rings. The predicted octanol–water partition coefficient (Wildman–Crippen LogP) is 3.00. The van der Waals surface area contributed by atoms with Crippen molar-refractivity contribution in [2.24, 2.45) is 0 Å². The van der Waals surface area contributed by atoms with Gasteiger partial charge in [0.1, 0.15) is 0 Å². The van der Waals surface area contributed by atoms with Gasteiger partial charge in [-0.25, -0.2) is 9.59 Å². The Bertz CT molecular complexity index is 985. The number of nitrogens with one attached hydrogen (secondary N) is 4. The smallest absolute Gasteiger partial charge is 0.326 e. The summed E-state index contributed by atoms with van der Waals surface area (Å²) in [4.78, 5) is 39.5. The van der Waals surface area contributed by atoms with Gasteiger partial charge in [-0.05, 0) is 24.3 Å².